The average molecular weight is 346 g/mol. The van der Waals surface area contributed by atoms with Gasteiger partial charge in [0.25, 0.3) is 0 Å². The van der Waals surface area contributed by atoms with Gasteiger partial charge in [0.2, 0.25) is 0 Å². The molecule has 1 aliphatic rings. The lowest BCUT2D eigenvalue weighted by Gasteiger charge is -2.07. The Morgan fingerprint density at radius 1 is 1.22 bits per heavy atom. The number of thioether (sulfide) groups is 2. The molecule has 1 saturated carbocycles. The van der Waals surface area contributed by atoms with Gasteiger partial charge in [-0.1, -0.05) is 11.6 Å². The molecule has 0 spiro atoms. The zero-order valence-electron chi connectivity index (χ0n) is 14.3. The van der Waals surface area contributed by atoms with Crippen molar-refractivity contribution < 1.29 is 4.79 Å². The predicted octanol–water partition coefficient (Wildman–Crippen LogP) is 5.12. The summed E-state index contributed by atoms with van der Waals surface area (Å²) in [5.74, 6) is 0.865. The molecule has 3 rings (SSSR count). The van der Waals surface area contributed by atoms with E-state index >= 15 is 0 Å². The van der Waals surface area contributed by atoms with E-state index in [0.717, 1.165) is 16.2 Å². The van der Waals surface area contributed by atoms with Gasteiger partial charge in [0, 0.05) is 45.3 Å². The molecule has 0 N–H and O–H groups in total. The summed E-state index contributed by atoms with van der Waals surface area (Å²) in [4.78, 5) is 12.7. The first-order chi connectivity index (χ1) is 11.0. The Kier molecular flexibility index (Phi) is 4.65. The van der Waals surface area contributed by atoms with E-state index in [0.29, 0.717) is 11.7 Å². The number of fused-ring (bicyclic) bond motifs is 1. The molecule has 1 aliphatic carbocycles. The fourth-order valence-corrected chi connectivity index (χ4v) is 4.91. The summed E-state index contributed by atoms with van der Waals surface area (Å²) in [7, 11) is 2.12. The molecular formula is C19H23NOS2. The minimum absolute atomic E-state index is 0.161. The van der Waals surface area contributed by atoms with Gasteiger partial charge in [-0.3, -0.25) is 4.79 Å². The van der Waals surface area contributed by atoms with Gasteiger partial charge in [-0.2, -0.15) is 0 Å². The summed E-state index contributed by atoms with van der Waals surface area (Å²) >= 11 is 3.35. The molecule has 0 radical (unpaired) electrons. The molecule has 23 heavy (non-hydrogen) atoms. The fourth-order valence-electron chi connectivity index (χ4n) is 3.43. The van der Waals surface area contributed by atoms with Crippen LogP contribution in [0.5, 0.6) is 0 Å². The molecule has 2 atom stereocenters. The summed E-state index contributed by atoms with van der Waals surface area (Å²) in [6.45, 7) is 4.10. The van der Waals surface area contributed by atoms with Crippen molar-refractivity contribution in [2.75, 3.05) is 12.5 Å². The number of carbonyl (C=O) groups is 1. The molecule has 1 heterocycles. The van der Waals surface area contributed by atoms with Crippen LogP contribution in [0.25, 0.3) is 10.9 Å². The van der Waals surface area contributed by atoms with Gasteiger partial charge in [0.1, 0.15) is 0 Å². The molecule has 0 amide bonds. The minimum Gasteiger partial charge on any atom is -0.347 e. The van der Waals surface area contributed by atoms with E-state index in [-0.39, 0.29) is 5.92 Å². The standard InChI is InChI=1S/C19H23NOS2/c1-11-6-7-16-13(8-11)9-17(20(16)3)14-10-15(14)18(21)12(2)19(22-4)23-5/h6-9,14-15H,10H2,1-5H3. The van der Waals surface area contributed by atoms with Crippen molar-refractivity contribution >= 4 is 40.2 Å². The average Bonchev–Trinajstić information content (AvgIpc) is 3.26. The Morgan fingerprint density at radius 3 is 2.57 bits per heavy atom. The van der Waals surface area contributed by atoms with Gasteiger partial charge in [0.15, 0.2) is 5.78 Å². The van der Waals surface area contributed by atoms with Crippen molar-refractivity contribution in [1.29, 1.82) is 0 Å². The highest BCUT2D eigenvalue weighted by molar-refractivity contribution is 8.21. The van der Waals surface area contributed by atoms with E-state index < -0.39 is 0 Å². The Labute approximate surface area is 146 Å². The molecule has 2 unspecified atom stereocenters. The summed E-state index contributed by atoms with van der Waals surface area (Å²) in [6, 6.07) is 8.82. The molecule has 4 heteroatoms. The lowest BCUT2D eigenvalue weighted by Crippen LogP contribution is -2.06. The number of hydrogen-bond acceptors (Lipinski definition) is 3. The van der Waals surface area contributed by atoms with Crippen LogP contribution in [0.4, 0.5) is 0 Å². The van der Waals surface area contributed by atoms with Crippen LogP contribution in [0.3, 0.4) is 0 Å². The van der Waals surface area contributed by atoms with E-state index in [1.807, 2.05) is 19.4 Å². The van der Waals surface area contributed by atoms with E-state index in [4.69, 9.17) is 0 Å². The highest BCUT2D eigenvalue weighted by Crippen LogP contribution is 2.50. The third-order valence-corrected chi connectivity index (χ3v) is 7.14. The van der Waals surface area contributed by atoms with Crippen LogP contribution in [-0.4, -0.2) is 22.9 Å². The topological polar surface area (TPSA) is 22.0 Å². The molecule has 0 aliphatic heterocycles. The number of carbonyl (C=O) groups excluding carboxylic acids is 1. The van der Waals surface area contributed by atoms with E-state index in [2.05, 4.69) is 42.8 Å². The molecule has 1 aromatic carbocycles. The van der Waals surface area contributed by atoms with Crippen LogP contribution in [-0.2, 0) is 11.8 Å². The fraction of sp³-hybridized carbons (Fsp3) is 0.421. The molecule has 1 aromatic heterocycles. The van der Waals surface area contributed by atoms with Crippen LogP contribution in [0.15, 0.2) is 34.1 Å². The third kappa shape index (κ3) is 2.99. The number of aryl methyl sites for hydroxylation is 2. The smallest absolute Gasteiger partial charge is 0.163 e. The number of benzene rings is 1. The van der Waals surface area contributed by atoms with E-state index in [1.165, 1.54) is 22.2 Å². The predicted molar refractivity (Wildman–Crippen MR) is 103 cm³/mol. The lowest BCUT2D eigenvalue weighted by molar-refractivity contribution is -0.116. The number of nitrogens with zero attached hydrogens (tertiary/aromatic N) is 1. The van der Waals surface area contributed by atoms with Crippen LogP contribution in [0.1, 0.15) is 30.5 Å². The summed E-state index contributed by atoms with van der Waals surface area (Å²) < 4.78 is 3.41. The minimum atomic E-state index is 0.161. The van der Waals surface area contributed by atoms with Gasteiger partial charge >= 0.3 is 0 Å². The summed E-state index contributed by atoms with van der Waals surface area (Å²) in [5.41, 5.74) is 4.77. The van der Waals surface area contributed by atoms with E-state index in [9.17, 15) is 4.79 Å². The summed E-state index contributed by atoms with van der Waals surface area (Å²) in [5, 5.41) is 1.28. The second kappa shape index (κ2) is 6.40. The first-order valence-electron chi connectivity index (χ1n) is 7.87. The Bertz CT molecular complexity index is 797. The molecule has 122 valence electrons. The molecule has 1 fully saturated rings. The van der Waals surface area contributed by atoms with Crippen molar-refractivity contribution in [3.8, 4) is 0 Å². The van der Waals surface area contributed by atoms with Crippen LogP contribution in [0.2, 0.25) is 0 Å². The van der Waals surface area contributed by atoms with Crippen LogP contribution >= 0.6 is 23.5 Å². The quantitative estimate of drug-likeness (QED) is 0.702. The summed E-state index contributed by atoms with van der Waals surface area (Å²) in [6.07, 6.45) is 5.06. The van der Waals surface area contributed by atoms with Crippen molar-refractivity contribution in [1.82, 2.24) is 4.57 Å². The number of hydrogen-bond donors (Lipinski definition) is 0. The zero-order valence-corrected chi connectivity index (χ0v) is 16.0. The molecular weight excluding hydrogens is 322 g/mol. The second-order valence-corrected chi connectivity index (χ2v) is 8.22. The molecule has 2 aromatic rings. The zero-order chi connectivity index (χ0) is 16.7. The van der Waals surface area contributed by atoms with Crippen molar-refractivity contribution in [3.05, 3.63) is 45.3 Å². The monoisotopic (exact) mass is 345 g/mol. The van der Waals surface area contributed by atoms with Gasteiger partial charge in [-0.15, -0.1) is 23.5 Å². The van der Waals surface area contributed by atoms with Gasteiger partial charge in [0.05, 0.1) is 0 Å². The Hall–Kier alpha value is -1.13. The highest BCUT2D eigenvalue weighted by atomic mass is 32.2. The Morgan fingerprint density at radius 2 is 1.91 bits per heavy atom. The van der Waals surface area contributed by atoms with Gasteiger partial charge in [-0.25, -0.2) is 0 Å². The van der Waals surface area contributed by atoms with Gasteiger partial charge < -0.3 is 4.57 Å². The maximum absolute atomic E-state index is 12.7. The normalized spacial score (nSPS) is 19.9. The number of ketones is 1. The highest BCUT2D eigenvalue weighted by Gasteiger charge is 2.45. The number of Topliss-reactive ketones (excluding diaryl/α,β-unsaturated/α-hetero) is 1. The van der Waals surface area contributed by atoms with Crippen LogP contribution in [0, 0.1) is 12.8 Å². The number of aromatic nitrogens is 1. The Balaban J connectivity index is 1.88. The largest absolute Gasteiger partial charge is 0.347 e. The first kappa shape index (κ1) is 16.7. The molecule has 0 bridgehead atoms. The lowest BCUT2D eigenvalue weighted by atomic mass is 10.1. The SMILES string of the molecule is CSC(SC)=C(C)C(=O)C1CC1c1cc2cc(C)ccc2n1C. The molecule has 2 nitrogen and oxygen atoms in total. The van der Waals surface area contributed by atoms with Gasteiger partial charge in [-0.05, 0) is 51.0 Å². The van der Waals surface area contributed by atoms with Crippen molar-refractivity contribution in [2.24, 2.45) is 13.0 Å². The third-order valence-electron chi connectivity index (χ3n) is 4.79. The second-order valence-electron chi connectivity index (χ2n) is 6.32. The number of rotatable bonds is 5. The number of allylic oxidation sites excluding steroid dienone is 1. The molecule has 0 saturated heterocycles. The maximum atomic E-state index is 12.7. The van der Waals surface area contributed by atoms with Crippen molar-refractivity contribution in [2.45, 2.75) is 26.2 Å². The van der Waals surface area contributed by atoms with Crippen molar-refractivity contribution in [3.63, 3.8) is 0 Å². The van der Waals surface area contributed by atoms with E-state index in [1.54, 1.807) is 23.5 Å². The first-order valence-corrected chi connectivity index (χ1v) is 10.3. The van der Waals surface area contributed by atoms with Crippen LogP contribution < -0.4 is 0 Å². The maximum Gasteiger partial charge on any atom is 0.163 e.